The molecular weight excluding hydrogens is 444 g/mol. The molecule has 23 heavy (non-hydrogen) atoms. The van der Waals surface area contributed by atoms with Gasteiger partial charge in [-0.1, -0.05) is 28.1 Å². The lowest BCUT2D eigenvalue weighted by Crippen LogP contribution is -2.04. The van der Waals surface area contributed by atoms with Crippen molar-refractivity contribution >= 4 is 47.8 Å². The summed E-state index contributed by atoms with van der Waals surface area (Å²) in [5.74, 6) is 0. The Morgan fingerprint density at radius 3 is 2.26 bits per heavy atom. The quantitative estimate of drug-likeness (QED) is 0.646. The van der Waals surface area contributed by atoms with E-state index in [9.17, 15) is 13.7 Å². The summed E-state index contributed by atoms with van der Waals surface area (Å²) in [7, 11) is -3.96. The standard InChI is InChI=1S/C16H8Br2N2O2S/c17-13-5-6-15(18)16(8-13)23(21,22)14(10-20)7-11-1-3-12(9-19)4-2-11/h1-8H/b14-7-. The molecule has 0 atom stereocenters. The lowest BCUT2D eigenvalue weighted by atomic mass is 10.1. The van der Waals surface area contributed by atoms with Crippen molar-refractivity contribution in [1.29, 1.82) is 10.5 Å². The number of nitriles is 2. The maximum atomic E-state index is 12.7. The van der Waals surface area contributed by atoms with E-state index in [2.05, 4.69) is 31.9 Å². The van der Waals surface area contributed by atoms with Gasteiger partial charge in [0.05, 0.1) is 16.5 Å². The topological polar surface area (TPSA) is 81.7 Å². The number of nitrogens with zero attached hydrogens (tertiary/aromatic N) is 2. The zero-order valence-electron chi connectivity index (χ0n) is 11.5. The van der Waals surface area contributed by atoms with Gasteiger partial charge < -0.3 is 0 Å². The molecule has 7 heteroatoms. The fourth-order valence-electron chi connectivity index (χ4n) is 1.78. The smallest absolute Gasteiger partial charge is 0.217 e. The first-order valence-corrected chi connectivity index (χ1v) is 9.27. The molecule has 2 rings (SSSR count). The van der Waals surface area contributed by atoms with Crippen LogP contribution in [0, 0.1) is 22.7 Å². The van der Waals surface area contributed by atoms with Gasteiger partial charge in [-0.3, -0.25) is 0 Å². The molecule has 0 aliphatic rings. The zero-order chi connectivity index (χ0) is 17.0. The second kappa shape index (κ2) is 7.10. The third-order valence-corrected chi connectivity index (χ3v) is 6.07. The average molecular weight is 452 g/mol. The SMILES string of the molecule is N#C/C(=C/c1ccc(C#N)cc1)S(=O)(=O)c1cc(Br)ccc1Br. The van der Waals surface area contributed by atoms with Crippen LogP contribution in [-0.4, -0.2) is 8.42 Å². The largest absolute Gasteiger partial charge is 0.218 e. The van der Waals surface area contributed by atoms with Gasteiger partial charge in [-0.25, -0.2) is 8.42 Å². The zero-order valence-corrected chi connectivity index (χ0v) is 15.5. The molecule has 114 valence electrons. The van der Waals surface area contributed by atoms with E-state index in [1.165, 1.54) is 12.1 Å². The van der Waals surface area contributed by atoms with Crippen LogP contribution in [0.15, 0.2) is 61.2 Å². The molecule has 2 aromatic carbocycles. The molecule has 0 saturated heterocycles. The van der Waals surface area contributed by atoms with Crippen LogP contribution in [0.4, 0.5) is 0 Å². The summed E-state index contributed by atoms with van der Waals surface area (Å²) in [4.78, 5) is -0.366. The van der Waals surface area contributed by atoms with Gasteiger partial charge in [0.1, 0.15) is 11.0 Å². The van der Waals surface area contributed by atoms with Crippen LogP contribution >= 0.6 is 31.9 Å². The predicted molar refractivity (Wildman–Crippen MR) is 93.8 cm³/mol. The van der Waals surface area contributed by atoms with Crippen molar-refractivity contribution in [3.05, 3.63) is 67.4 Å². The minimum Gasteiger partial charge on any atom is -0.218 e. The number of allylic oxidation sites excluding steroid dienone is 1. The van der Waals surface area contributed by atoms with Gasteiger partial charge in [-0.15, -0.1) is 0 Å². The van der Waals surface area contributed by atoms with Crippen LogP contribution in [-0.2, 0) is 9.84 Å². The maximum Gasteiger partial charge on any atom is 0.217 e. The number of benzene rings is 2. The van der Waals surface area contributed by atoms with Gasteiger partial charge in [0, 0.05) is 8.95 Å². The van der Waals surface area contributed by atoms with Crippen molar-refractivity contribution in [2.75, 3.05) is 0 Å². The van der Waals surface area contributed by atoms with Crippen LogP contribution in [0.25, 0.3) is 6.08 Å². The van der Waals surface area contributed by atoms with Crippen molar-refractivity contribution in [1.82, 2.24) is 0 Å². The van der Waals surface area contributed by atoms with E-state index in [-0.39, 0.29) is 9.80 Å². The first-order chi connectivity index (χ1) is 10.9. The van der Waals surface area contributed by atoms with E-state index in [4.69, 9.17) is 5.26 Å². The van der Waals surface area contributed by atoms with Crippen LogP contribution in [0.2, 0.25) is 0 Å². The fourth-order valence-corrected chi connectivity index (χ4v) is 4.43. The molecule has 0 amide bonds. The van der Waals surface area contributed by atoms with E-state index in [0.29, 0.717) is 20.1 Å². The second-order valence-electron chi connectivity index (χ2n) is 4.43. The molecule has 0 aromatic heterocycles. The van der Waals surface area contributed by atoms with Crippen molar-refractivity contribution in [3.63, 3.8) is 0 Å². The molecule has 0 saturated carbocycles. The Morgan fingerprint density at radius 2 is 1.70 bits per heavy atom. The molecule has 0 bridgehead atoms. The first kappa shape index (κ1) is 17.4. The predicted octanol–water partition coefficient (Wildman–Crippen LogP) is 4.42. The highest BCUT2D eigenvalue weighted by atomic mass is 79.9. The minimum absolute atomic E-state index is 0.00770. The molecule has 0 heterocycles. The summed E-state index contributed by atoms with van der Waals surface area (Å²) in [6.07, 6.45) is 1.28. The summed E-state index contributed by atoms with van der Waals surface area (Å²) in [6, 6.07) is 14.7. The molecule has 0 aliphatic heterocycles. The Balaban J connectivity index is 2.55. The second-order valence-corrected chi connectivity index (χ2v) is 8.09. The lowest BCUT2D eigenvalue weighted by molar-refractivity contribution is 0.603. The Labute approximate surface area is 150 Å². The molecule has 4 nitrogen and oxygen atoms in total. The van der Waals surface area contributed by atoms with Gasteiger partial charge in [0.25, 0.3) is 0 Å². The van der Waals surface area contributed by atoms with E-state index in [0.717, 1.165) is 0 Å². The number of sulfone groups is 1. The number of hydrogen-bond acceptors (Lipinski definition) is 4. The highest BCUT2D eigenvalue weighted by Gasteiger charge is 2.23. The summed E-state index contributed by atoms with van der Waals surface area (Å²) in [6.45, 7) is 0. The van der Waals surface area contributed by atoms with Gasteiger partial charge in [-0.05, 0) is 57.9 Å². The maximum absolute atomic E-state index is 12.7. The highest BCUT2D eigenvalue weighted by Crippen LogP contribution is 2.30. The molecule has 0 radical (unpaired) electrons. The Hall–Kier alpha value is -1.93. The summed E-state index contributed by atoms with van der Waals surface area (Å²) in [5.41, 5.74) is 0.980. The van der Waals surface area contributed by atoms with Gasteiger partial charge in [0.2, 0.25) is 9.84 Å². The summed E-state index contributed by atoms with van der Waals surface area (Å²) < 4.78 is 26.3. The third kappa shape index (κ3) is 3.89. The molecule has 0 aliphatic carbocycles. The molecular formula is C16H8Br2N2O2S. The van der Waals surface area contributed by atoms with Crippen LogP contribution < -0.4 is 0 Å². The Morgan fingerprint density at radius 1 is 1.04 bits per heavy atom. The van der Waals surface area contributed by atoms with E-state index in [1.54, 1.807) is 42.5 Å². The van der Waals surface area contributed by atoms with Crippen LogP contribution in [0.5, 0.6) is 0 Å². The van der Waals surface area contributed by atoms with Crippen molar-refractivity contribution in [2.45, 2.75) is 4.90 Å². The average Bonchev–Trinajstić information content (AvgIpc) is 2.55. The van der Waals surface area contributed by atoms with Crippen LogP contribution in [0.1, 0.15) is 11.1 Å². The number of halogens is 2. The monoisotopic (exact) mass is 450 g/mol. The molecule has 0 unspecified atom stereocenters. The van der Waals surface area contributed by atoms with E-state index in [1.807, 2.05) is 6.07 Å². The molecule has 0 fully saturated rings. The van der Waals surface area contributed by atoms with Crippen molar-refractivity contribution < 1.29 is 8.42 Å². The van der Waals surface area contributed by atoms with Gasteiger partial charge in [0.15, 0.2) is 0 Å². The van der Waals surface area contributed by atoms with Gasteiger partial charge in [-0.2, -0.15) is 10.5 Å². The Bertz CT molecular complexity index is 967. The molecule has 0 spiro atoms. The minimum atomic E-state index is -3.96. The molecule has 2 aromatic rings. The van der Waals surface area contributed by atoms with Crippen molar-refractivity contribution in [2.24, 2.45) is 0 Å². The normalized spacial score (nSPS) is 11.6. The third-order valence-electron chi connectivity index (χ3n) is 2.92. The van der Waals surface area contributed by atoms with E-state index < -0.39 is 9.84 Å². The number of hydrogen-bond donors (Lipinski definition) is 0. The Kier molecular flexibility index (Phi) is 5.38. The first-order valence-electron chi connectivity index (χ1n) is 6.20. The molecule has 0 N–H and O–H groups in total. The lowest BCUT2D eigenvalue weighted by Gasteiger charge is -2.06. The fraction of sp³-hybridized carbons (Fsp3) is 0. The van der Waals surface area contributed by atoms with Crippen LogP contribution in [0.3, 0.4) is 0 Å². The summed E-state index contributed by atoms with van der Waals surface area (Å²) in [5, 5.41) is 18.0. The van der Waals surface area contributed by atoms with Crippen molar-refractivity contribution in [3.8, 4) is 12.1 Å². The van der Waals surface area contributed by atoms with E-state index >= 15 is 0 Å². The number of rotatable bonds is 3. The summed E-state index contributed by atoms with van der Waals surface area (Å²) >= 11 is 6.42. The highest BCUT2D eigenvalue weighted by molar-refractivity contribution is 9.11. The van der Waals surface area contributed by atoms with Gasteiger partial charge >= 0.3 is 0 Å².